The first kappa shape index (κ1) is 13.7. The molecule has 21 heavy (non-hydrogen) atoms. The van der Waals surface area contributed by atoms with E-state index >= 15 is 0 Å². The van der Waals surface area contributed by atoms with Crippen molar-refractivity contribution in [1.29, 1.82) is 0 Å². The highest BCUT2D eigenvalue weighted by molar-refractivity contribution is 7.99. The Balaban J connectivity index is 1.57. The van der Waals surface area contributed by atoms with Crippen molar-refractivity contribution in [2.75, 3.05) is 68.4 Å². The highest BCUT2D eigenvalue weighted by atomic mass is 32.2. The third-order valence-electron chi connectivity index (χ3n) is 4.74. The Bertz CT molecular complexity index is 515. The number of anilines is 2. The zero-order chi connectivity index (χ0) is 14.2. The summed E-state index contributed by atoms with van der Waals surface area (Å²) in [5.41, 5.74) is 1.29. The van der Waals surface area contributed by atoms with E-state index in [1.165, 1.54) is 22.2 Å². The molecular weight excluding hydrogens is 282 g/mol. The molecule has 0 amide bonds. The van der Waals surface area contributed by atoms with Crippen LogP contribution in [0.4, 0.5) is 11.5 Å². The first-order chi connectivity index (χ1) is 10.3. The first-order valence-corrected chi connectivity index (χ1v) is 8.83. The summed E-state index contributed by atoms with van der Waals surface area (Å²) in [4.78, 5) is 13.5. The molecular formula is C15H23N5S. The molecule has 3 aliphatic heterocycles. The van der Waals surface area contributed by atoms with Gasteiger partial charge in [-0.2, -0.15) is 0 Å². The summed E-state index contributed by atoms with van der Waals surface area (Å²) >= 11 is 1.97. The fourth-order valence-corrected chi connectivity index (χ4v) is 4.53. The van der Waals surface area contributed by atoms with Crippen LogP contribution in [0.5, 0.6) is 0 Å². The van der Waals surface area contributed by atoms with Gasteiger partial charge in [0.2, 0.25) is 0 Å². The maximum atomic E-state index is 4.82. The van der Waals surface area contributed by atoms with Crippen LogP contribution in [0.3, 0.4) is 0 Å². The zero-order valence-corrected chi connectivity index (χ0v) is 13.4. The number of hydrogen-bond acceptors (Lipinski definition) is 6. The maximum Gasteiger partial charge on any atom is 0.142 e. The summed E-state index contributed by atoms with van der Waals surface area (Å²) in [5, 5.41) is 3.49. The van der Waals surface area contributed by atoms with Gasteiger partial charge in [0.1, 0.15) is 5.82 Å². The Morgan fingerprint density at radius 2 is 2.10 bits per heavy atom. The second kappa shape index (κ2) is 5.66. The van der Waals surface area contributed by atoms with E-state index in [4.69, 9.17) is 4.98 Å². The van der Waals surface area contributed by atoms with Crippen molar-refractivity contribution in [1.82, 2.24) is 15.2 Å². The second-order valence-electron chi connectivity index (χ2n) is 6.17. The molecule has 0 radical (unpaired) electrons. The van der Waals surface area contributed by atoms with Crippen LogP contribution in [0.2, 0.25) is 0 Å². The van der Waals surface area contributed by atoms with Crippen LogP contribution in [-0.4, -0.2) is 74.5 Å². The van der Waals surface area contributed by atoms with E-state index in [-0.39, 0.29) is 0 Å². The molecule has 0 bridgehead atoms. The van der Waals surface area contributed by atoms with E-state index in [0.29, 0.717) is 6.04 Å². The van der Waals surface area contributed by atoms with Gasteiger partial charge in [-0.1, -0.05) is 0 Å². The molecule has 1 aromatic heterocycles. The summed E-state index contributed by atoms with van der Waals surface area (Å²) in [6.07, 6.45) is 2.08. The normalized spacial score (nSPS) is 26.4. The van der Waals surface area contributed by atoms with Crippen LogP contribution in [0.1, 0.15) is 0 Å². The third-order valence-corrected chi connectivity index (χ3v) is 5.90. The van der Waals surface area contributed by atoms with E-state index < -0.39 is 0 Å². The molecule has 1 atom stereocenters. The summed E-state index contributed by atoms with van der Waals surface area (Å²) in [7, 11) is 2.20. The zero-order valence-electron chi connectivity index (χ0n) is 12.6. The number of nitrogens with one attached hydrogen (secondary N) is 1. The molecule has 0 aromatic carbocycles. The molecule has 3 aliphatic rings. The minimum atomic E-state index is 0.609. The van der Waals surface area contributed by atoms with E-state index in [1.54, 1.807) is 0 Å². The quantitative estimate of drug-likeness (QED) is 0.823. The number of piperazine rings is 2. The monoisotopic (exact) mass is 305 g/mol. The molecule has 1 N–H and O–H groups in total. The van der Waals surface area contributed by atoms with Crippen molar-refractivity contribution < 1.29 is 0 Å². The van der Waals surface area contributed by atoms with E-state index in [9.17, 15) is 0 Å². The van der Waals surface area contributed by atoms with Gasteiger partial charge in [0.15, 0.2) is 0 Å². The number of thioether (sulfide) groups is 1. The minimum absolute atomic E-state index is 0.609. The van der Waals surface area contributed by atoms with Gasteiger partial charge in [0, 0.05) is 51.6 Å². The molecule has 6 heteroatoms. The van der Waals surface area contributed by atoms with Crippen LogP contribution < -0.4 is 15.1 Å². The van der Waals surface area contributed by atoms with Crippen molar-refractivity contribution in [3.05, 3.63) is 12.3 Å². The Morgan fingerprint density at radius 3 is 2.95 bits per heavy atom. The largest absolute Gasteiger partial charge is 0.368 e. The molecule has 0 aliphatic carbocycles. The van der Waals surface area contributed by atoms with Gasteiger partial charge in [-0.25, -0.2) is 4.98 Å². The van der Waals surface area contributed by atoms with Crippen LogP contribution in [0.15, 0.2) is 17.2 Å². The molecule has 2 saturated heterocycles. The van der Waals surface area contributed by atoms with Crippen LogP contribution in [0.25, 0.3) is 0 Å². The van der Waals surface area contributed by atoms with Gasteiger partial charge < -0.3 is 20.0 Å². The van der Waals surface area contributed by atoms with Crippen molar-refractivity contribution in [3.63, 3.8) is 0 Å². The summed E-state index contributed by atoms with van der Waals surface area (Å²) in [5.74, 6) is 2.38. The second-order valence-corrected chi connectivity index (χ2v) is 7.23. The number of pyridine rings is 1. The lowest BCUT2D eigenvalue weighted by Crippen LogP contribution is -2.54. The molecule has 4 rings (SSSR count). The number of aromatic nitrogens is 1. The minimum Gasteiger partial charge on any atom is -0.368 e. The molecule has 1 aromatic rings. The molecule has 2 fully saturated rings. The predicted molar refractivity (Wildman–Crippen MR) is 88.7 cm³/mol. The standard InChI is InChI=1S/C15H23N5S/c1-18-4-6-19(7-5-18)12-8-14-15(17-10-12)20-3-2-16-9-13(20)11-21-14/h8,10,13,16H,2-7,9,11H2,1H3/t13-/m0/s1. The fraction of sp³-hybridized carbons (Fsp3) is 0.667. The summed E-state index contributed by atoms with van der Waals surface area (Å²) in [6, 6.07) is 2.97. The molecule has 0 saturated carbocycles. The number of hydrogen-bond donors (Lipinski definition) is 1. The maximum absolute atomic E-state index is 4.82. The molecule has 5 nitrogen and oxygen atoms in total. The van der Waals surface area contributed by atoms with Gasteiger partial charge in [-0.05, 0) is 13.1 Å². The van der Waals surface area contributed by atoms with Crippen LogP contribution in [-0.2, 0) is 0 Å². The first-order valence-electron chi connectivity index (χ1n) is 7.85. The smallest absolute Gasteiger partial charge is 0.142 e. The lowest BCUT2D eigenvalue weighted by Gasteiger charge is -2.41. The molecule has 4 heterocycles. The highest BCUT2D eigenvalue weighted by Gasteiger charge is 2.30. The average Bonchev–Trinajstić information content (AvgIpc) is 2.55. The fourth-order valence-electron chi connectivity index (χ4n) is 3.36. The lowest BCUT2D eigenvalue weighted by molar-refractivity contribution is 0.312. The number of fused-ring (bicyclic) bond motifs is 3. The van der Waals surface area contributed by atoms with Gasteiger partial charge >= 0.3 is 0 Å². The van der Waals surface area contributed by atoms with E-state index in [2.05, 4.69) is 39.3 Å². The third kappa shape index (κ3) is 2.60. The Kier molecular flexibility index (Phi) is 3.69. The Labute approximate surface area is 130 Å². The number of likely N-dealkylation sites (N-methyl/N-ethyl adjacent to an activating group) is 1. The van der Waals surface area contributed by atoms with E-state index in [0.717, 1.165) is 45.8 Å². The predicted octanol–water partition coefficient (Wildman–Crippen LogP) is 0.717. The lowest BCUT2D eigenvalue weighted by atomic mass is 10.2. The SMILES string of the molecule is CN1CCN(c2cnc3c(c2)SC[C@@H]2CNCCN32)CC1. The average molecular weight is 305 g/mol. The topological polar surface area (TPSA) is 34.6 Å². The number of nitrogens with zero attached hydrogens (tertiary/aromatic N) is 4. The van der Waals surface area contributed by atoms with Gasteiger partial charge in [0.05, 0.1) is 22.8 Å². The number of rotatable bonds is 1. The van der Waals surface area contributed by atoms with Crippen molar-refractivity contribution in [2.24, 2.45) is 0 Å². The highest BCUT2D eigenvalue weighted by Crippen LogP contribution is 2.38. The Hall–Kier alpha value is -0.980. The van der Waals surface area contributed by atoms with Crippen LogP contribution >= 0.6 is 11.8 Å². The summed E-state index contributed by atoms with van der Waals surface area (Å²) < 4.78 is 0. The van der Waals surface area contributed by atoms with Crippen molar-refractivity contribution in [2.45, 2.75) is 10.9 Å². The summed E-state index contributed by atoms with van der Waals surface area (Å²) in [6.45, 7) is 7.75. The van der Waals surface area contributed by atoms with Crippen molar-refractivity contribution >= 4 is 23.3 Å². The van der Waals surface area contributed by atoms with E-state index in [1.807, 2.05) is 11.8 Å². The van der Waals surface area contributed by atoms with Crippen LogP contribution in [0, 0.1) is 0 Å². The van der Waals surface area contributed by atoms with Gasteiger partial charge in [0.25, 0.3) is 0 Å². The van der Waals surface area contributed by atoms with Gasteiger partial charge in [-0.15, -0.1) is 11.8 Å². The molecule has 0 spiro atoms. The Morgan fingerprint density at radius 1 is 1.24 bits per heavy atom. The molecule has 114 valence electrons. The molecule has 0 unspecified atom stereocenters. The van der Waals surface area contributed by atoms with Crippen molar-refractivity contribution in [3.8, 4) is 0 Å². The van der Waals surface area contributed by atoms with Gasteiger partial charge in [-0.3, -0.25) is 0 Å².